The van der Waals surface area contributed by atoms with Gasteiger partial charge in [0, 0.05) is 18.7 Å². The largest absolute Gasteiger partial charge is 0.466 e. The van der Waals surface area contributed by atoms with Crippen LogP contribution in [0.3, 0.4) is 0 Å². The number of ether oxygens (including phenoxy) is 3. The molecule has 1 saturated heterocycles. The Bertz CT molecular complexity index is 1030. The maximum atomic E-state index is 13.3. The number of rotatable bonds is 7. The third-order valence-electron chi connectivity index (χ3n) is 5.54. The average Bonchev–Trinajstić information content (AvgIpc) is 2.82. The fourth-order valence-corrected chi connectivity index (χ4v) is 3.90. The molecule has 4 rings (SSSR count). The van der Waals surface area contributed by atoms with Crippen LogP contribution in [0.1, 0.15) is 25.3 Å². The number of nitrogens with zero attached hydrogens (tertiary/aromatic N) is 4. The van der Waals surface area contributed by atoms with Gasteiger partial charge in [0.05, 0.1) is 30.6 Å². The molecule has 3 heterocycles. The van der Waals surface area contributed by atoms with E-state index in [1.807, 2.05) is 0 Å². The molecule has 1 fully saturated rings. The molecule has 2 aliphatic heterocycles. The number of nitrogens with one attached hydrogen (secondary N) is 1. The molecule has 1 atom stereocenters. The maximum absolute atomic E-state index is 13.3. The summed E-state index contributed by atoms with van der Waals surface area (Å²) < 4.78 is 29.7. The summed E-state index contributed by atoms with van der Waals surface area (Å²) in [5.41, 5.74) is 0.332. The number of carbonyl (C=O) groups excluding carboxylic acids is 1. The Labute approximate surface area is 189 Å². The highest BCUT2D eigenvalue weighted by atomic mass is 19.1. The Kier molecular flexibility index (Phi) is 6.82. The summed E-state index contributed by atoms with van der Waals surface area (Å²) >= 11 is 0. The van der Waals surface area contributed by atoms with Gasteiger partial charge >= 0.3 is 11.7 Å². The van der Waals surface area contributed by atoms with Crippen LogP contribution in [0, 0.1) is 21.8 Å². The van der Waals surface area contributed by atoms with Gasteiger partial charge in [-0.1, -0.05) is 0 Å². The lowest BCUT2D eigenvalue weighted by atomic mass is 9.97. The number of carbonyl (C=O) groups is 1. The van der Waals surface area contributed by atoms with Gasteiger partial charge < -0.3 is 24.4 Å². The van der Waals surface area contributed by atoms with E-state index in [9.17, 15) is 19.3 Å². The van der Waals surface area contributed by atoms with Crippen LogP contribution < -0.4 is 15.0 Å². The van der Waals surface area contributed by atoms with E-state index in [-0.39, 0.29) is 48.2 Å². The molecule has 1 unspecified atom stereocenters. The van der Waals surface area contributed by atoms with Crippen molar-refractivity contribution in [3.63, 3.8) is 0 Å². The van der Waals surface area contributed by atoms with Gasteiger partial charge in [-0.25, -0.2) is 14.4 Å². The van der Waals surface area contributed by atoms with E-state index in [0.29, 0.717) is 43.9 Å². The first-order valence-corrected chi connectivity index (χ1v) is 10.7. The summed E-state index contributed by atoms with van der Waals surface area (Å²) in [5.74, 6) is -0.129. The molecular weight excluding hydrogens is 437 g/mol. The van der Waals surface area contributed by atoms with Gasteiger partial charge in [0.25, 0.3) is 0 Å². The van der Waals surface area contributed by atoms with Crippen LogP contribution in [0.4, 0.5) is 21.7 Å². The molecule has 176 valence electrons. The number of anilines is 2. The lowest BCUT2D eigenvalue weighted by Gasteiger charge is -2.31. The van der Waals surface area contributed by atoms with Crippen LogP contribution in [-0.2, 0) is 20.9 Å². The van der Waals surface area contributed by atoms with Gasteiger partial charge in [-0.05, 0) is 38.0 Å². The second kappa shape index (κ2) is 9.94. The van der Waals surface area contributed by atoms with E-state index >= 15 is 0 Å². The monoisotopic (exact) mass is 461 g/mol. The van der Waals surface area contributed by atoms with Crippen LogP contribution in [0.15, 0.2) is 24.5 Å². The van der Waals surface area contributed by atoms with E-state index in [0.717, 1.165) is 0 Å². The summed E-state index contributed by atoms with van der Waals surface area (Å²) in [6, 6.07) is 4.15. The van der Waals surface area contributed by atoms with Crippen LogP contribution in [0.25, 0.3) is 0 Å². The molecule has 33 heavy (non-hydrogen) atoms. The highest BCUT2D eigenvalue weighted by Gasteiger charge is 2.32. The SMILES string of the molecule is CCOC(=O)C1CCN(c2ncnc(NCC3OCc4cc(F)ccc4O3)c2[N+](=O)[O-])CC1. The lowest BCUT2D eigenvalue weighted by Crippen LogP contribution is -2.38. The molecule has 1 aromatic heterocycles. The summed E-state index contributed by atoms with van der Waals surface area (Å²) in [6.07, 6.45) is 1.56. The van der Waals surface area contributed by atoms with Crippen LogP contribution >= 0.6 is 0 Å². The van der Waals surface area contributed by atoms with Gasteiger partial charge in [-0.15, -0.1) is 0 Å². The number of fused-ring (bicyclic) bond motifs is 1. The molecule has 0 saturated carbocycles. The zero-order valence-electron chi connectivity index (χ0n) is 18.0. The van der Waals surface area contributed by atoms with Crippen molar-refractivity contribution in [3.05, 3.63) is 46.0 Å². The molecule has 2 aromatic rings. The van der Waals surface area contributed by atoms with Crippen LogP contribution in [0.5, 0.6) is 5.75 Å². The number of esters is 1. The molecular formula is C21H24FN5O6. The molecule has 0 aliphatic carbocycles. The second-order valence-electron chi connectivity index (χ2n) is 7.66. The quantitative estimate of drug-likeness (QED) is 0.373. The Morgan fingerprint density at radius 2 is 2.15 bits per heavy atom. The molecule has 1 aromatic carbocycles. The van der Waals surface area contributed by atoms with Crippen molar-refractivity contribution in [2.24, 2.45) is 5.92 Å². The smallest absolute Gasteiger partial charge is 0.353 e. The molecule has 0 amide bonds. The van der Waals surface area contributed by atoms with Crippen molar-refractivity contribution >= 4 is 23.3 Å². The zero-order valence-corrected chi connectivity index (χ0v) is 18.0. The minimum Gasteiger partial charge on any atom is -0.466 e. The fourth-order valence-electron chi connectivity index (χ4n) is 3.90. The lowest BCUT2D eigenvalue weighted by molar-refractivity contribution is -0.383. The Morgan fingerprint density at radius 3 is 2.88 bits per heavy atom. The van der Waals surface area contributed by atoms with Crippen LogP contribution in [-0.4, -0.2) is 53.4 Å². The summed E-state index contributed by atoms with van der Waals surface area (Å²) in [6.45, 7) is 3.19. The van der Waals surface area contributed by atoms with Gasteiger partial charge in [0.15, 0.2) is 0 Å². The third kappa shape index (κ3) is 5.11. The number of benzene rings is 1. The van der Waals surface area contributed by atoms with Crippen molar-refractivity contribution in [3.8, 4) is 5.75 Å². The number of hydrogen-bond donors (Lipinski definition) is 1. The third-order valence-corrected chi connectivity index (χ3v) is 5.54. The Morgan fingerprint density at radius 1 is 1.36 bits per heavy atom. The zero-order chi connectivity index (χ0) is 23.4. The minimum atomic E-state index is -0.735. The molecule has 11 nitrogen and oxygen atoms in total. The summed E-state index contributed by atoms with van der Waals surface area (Å²) in [5, 5.41) is 14.8. The first-order valence-electron chi connectivity index (χ1n) is 10.7. The van der Waals surface area contributed by atoms with Crippen molar-refractivity contribution in [2.45, 2.75) is 32.7 Å². The molecule has 0 spiro atoms. The highest BCUT2D eigenvalue weighted by molar-refractivity contribution is 5.74. The van der Waals surface area contributed by atoms with E-state index in [1.165, 1.54) is 24.5 Å². The van der Waals surface area contributed by atoms with Gasteiger partial charge in [-0.2, -0.15) is 0 Å². The fraction of sp³-hybridized carbons (Fsp3) is 0.476. The van der Waals surface area contributed by atoms with E-state index < -0.39 is 11.2 Å². The Balaban J connectivity index is 1.43. The normalized spacial score (nSPS) is 18.2. The molecule has 2 aliphatic rings. The predicted octanol–water partition coefficient (Wildman–Crippen LogP) is 2.65. The number of aromatic nitrogens is 2. The average molecular weight is 461 g/mol. The van der Waals surface area contributed by atoms with Crippen molar-refractivity contribution in [2.75, 3.05) is 36.5 Å². The van der Waals surface area contributed by atoms with E-state index in [4.69, 9.17) is 14.2 Å². The highest BCUT2D eigenvalue weighted by Crippen LogP contribution is 2.34. The van der Waals surface area contributed by atoms with Gasteiger partial charge in [-0.3, -0.25) is 14.9 Å². The number of nitro groups is 1. The number of halogens is 1. The van der Waals surface area contributed by atoms with E-state index in [2.05, 4.69) is 15.3 Å². The molecule has 0 radical (unpaired) electrons. The molecule has 12 heteroatoms. The molecule has 0 bridgehead atoms. The first kappa shape index (κ1) is 22.6. The number of hydrogen-bond acceptors (Lipinski definition) is 10. The Hall–Kier alpha value is -3.54. The van der Waals surface area contributed by atoms with Crippen molar-refractivity contribution in [1.82, 2.24) is 9.97 Å². The number of piperidine rings is 1. The van der Waals surface area contributed by atoms with E-state index in [1.54, 1.807) is 11.8 Å². The van der Waals surface area contributed by atoms with Crippen molar-refractivity contribution in [1.29, 1.82) is 0 Å². The maximum Gasteiger partial charge on any atom is 0.353 e. The van der Waals surface area contributed by atoms with Gasteiger partial charge in [0.1, 0.15) is 17.9 Å². The standard InChI is InChI=1S/C21H24FN5O6/c1-2-31-21(28)13-5-7-26(8-6-13)20-18(27(29)30)19(24-12-25-20)23-10-17-32-11-14-9-15(22)3-4-16(14)33-17/h3-4,9,12-13,17H,2,5-8,10-11H2,1H3,(H,23,24,25). The van der Waals surface area contributed by atoms with Crippen LogP contribution in [0.2, 0.25) is 0 Å². The first-order chi connectivity index (χ1) is 16.0. The van der Waals surface area contributed by atoms with Crippen molar-refractivity contribution < 1.29 is 28.3 Å². The summed E-state index contributed by atoms with van der Waals surface area (Å²) in [4.78, 5) is 33.3. The molecule has 1 N–H and O–H groups in total. The predicted molar refractivity (Wildman–Crippen MR) is 114 cm³/mol. The second-order valence-corrected chi connectivity index (χ2v) is 7.66. The topological polar surface area (TPSA) is 129 Å². The van der Waals surface area contributed by atoms with Gasteiger partial charge in [0.2, 0.25) is 17.9 Å². The minimum absolute atomic E-state index is 0.0367. The summed E-state index contributed by atoms with van der Waals surface area (Å²) in [7, 11) is 0.